The van der Waals surface area contributed by atoms with Crippen molar-refractivity contribution in [2.75, 3.05) is 31.2 Å². The molecule has 2 aromatic heterocycles. The number of furan rings is 2. The maximum Gasteiger partial charge on any atom is 0.287 e. The number of carbonyl (C=O) groups excluding carboxylic acids is 2. The fourth-order valence-electron chi connectivity index (χ4n) is 4.98. The van der Waals surface area contributed by atoms with Crippen LogP contribution in [-0.4, -0.2) is 44.2 Å². The first kappa shape index (κ1) is 23.2. The van der Waals surface area contributed by atoms with E-state index < -0.39 is 17.9 Å². The number of nitrogens with zero attached hydrogens (tertiary/aromatic N) is 1. The fourth-order valence-corrected chi connectivity index (χ4v) is 4.98. The fraction of sp³-hybridized carbons (Fsp3) is 0.407. The molecule has 2 fully saturated rings. The number of nitrogens with one attached hydrogen (secondary N) is 2. The molecule has 35 heavy (non-hydrogen) atoms. The predicted octanol–water partition coefficient (Wildman–Crippen LogP) is 4.02. The molecule has 8 heteroatoms. The lowest BCUT2D eigenvalue weighted by atomic mass is 9.88. The van der Waals surface area contributed by atoms with Gasteiger partial charge < -0.3 is 29.1 Å². The lowest BCUT2D eigenvalue weighted by Crippen LogP contribution is -2.43. The van der Waals surface area contributed by atoms with Crippen LogP contribution in [0.25, 0.3) is 0 Å². The van der Waals surface area contributed by atoms with Crippen molar-refractivity contribution < 1.29 is 23.2 Å². The number of amides is 2. The van der Waals surface area contributed by atoms with Crippen molar-refractivity contribution in [3.63, 3.8) is 0 Å². The molecule has 5 rings (SSSR count). The molecule has 0 bridgehead atoms. The molecule has 0 radical (unpaired) electrons. The van der Waals surface area contributed by atoms with Gasteiger partial charge in [-0.15, -0.1) is 0 Å². The van der Waals surface area contributed by atoms with Gasteiger partial charge in [0.05, 0.1) is 31.7 Å². The number of hydrogen-bond donors (Lipinski definition) is 2. The van der Waals surface area contributed by atoms with Crippen LogP contribution >= 0.6 is 0 Å². The van der Waals surface area contributed by atoms with Crippen molar-refractivity contribution in [1.82, 2.24) is 10.6 Å². The molecule has 1 aromatic carbocycles. The largest absolute Gasteiger partial charge is 0.467 e. The van der Waals surface area contributed by atoms with Gasteiger partial charge >= 0.3 is 0 Å². The second-order valence-corrected chi connectivity index (χ2v) is 9.10. The summed E-state index contributed by atoms with van der Waals surface area (Å²) < 4.78 is 16.5. The summed E-state index contributed by atoms with van der Waals surface area (Å²) >= 11 is 0. The Labute approximate surface area is 204 Å². The molecule has 8 nitrogen and oxygen atoms in total. The highest BCUT2D eigenvalue weighted by Crippen LogP contribution is 2.34. The summed E-state index contributed by atoms with van der Waals surface area (Å²) in [7, 11) is 0. The molecule has 2 aliphatic rings. The van der Waals surface area contributed by atoms with Crippen LogP contribution in [0, 0.1) is 0 Å². The van der Waals surface area contributed by atoms with Gasteiger partial charge in [0.25, 0.3) is 5.91 Å². The van der Waals surface area contributed by atoms with Crippen LogP contribution in [0.5, 0.6) is 0 Å². The molecule has 2 amide bonds. The highest BCUT2D eigenvalue weighted by atomic mass is 16.5. The third-order valence-electron chi connectivity index (χ3n) is 6.83. The SMILES string of the molecule is O=C(NC(c1ccco1)C(C(=O)NC1CCCC1)c1ccc(N2CCOCC2)cc1)c1ccco1. The van der Waals surface area contributed by atoms with Gasteiger partial charge in [0.1, 0.15) is 11.8 Å². The Morgan fingerprint density at radius 1 is 0.914 bits per heavy atom. The molecule has 0 spiro atoms. The van der Waals surface area contributed by atoms with Crippen LogP contribution in [0.3, 0.4) is 0 Å². The number of ether oxygens (including phenoxy) is 1. The van der Waals surface area contributed by atoms with Crippen LogP contribution < -0.4 is 15.5 Å². The molecule has 2 atom stereocenters. The van der Waals surface area contributed by atoms with Gasteiger partial charge in [0.15, 0.2) is 5.76 Å². The van der Waals surface area contributed by atoms with Gasteiger partial charge in [-0.05, 0) is 54.8 Å². The number of morpholine rings is 1. The Bertz CT molecular complexity index is 1080. The van der Waals surface area contributed by atoms with E-state index in [4.69, 9.17) is 13.6 Å². The van der Waals surface area contributed by atoms with Gasteiger partial charge in [0.2, 0.25) is 5.91 Å². The monoisotopic (exact) mass is 477 g/mol. The maximum atomic E-state index is 13.7. The average molecular weight is 478 g/mol. The minimum absolute atomic E-state index is 0.128. The van der Waals surface area contributed by atoms with E-state index in [2.05, 4.69) is 15.5 Å². The molecule has 3 aromatic rings. The summed E-state index contributed by atoms with van der Waals surface area (Å²) in [5.41, 5.74) is 1.89. The van der Waals surface area contributed by atoms with Crippen LogP contribution in [0.4, 0.5) is 5.69 Å². The second kappa shape index (κ2) is 10.8. The van der Waals surface area contributed by atoms with E-state index in [1.807, 2.05) is 24.3 Å². The Kier molecular flexibility index (Phi) is 7.18. The van der Waals surface area contributed by atoms with E-state index in [-0.39, 0.29) is 17.7 Å². The number of benzene rings is 1. The van der Waals surface area contributed by atoms with Crippen molar-refractivity contribution in [2.24, 2.45) is 0 Å². The minimum atomic E-state index is -0.710. The molecule has 184 valence electrons. The van der Waals surface area contributed by atoms with Crippen molar-refractivity contribution in [1.29, 1.82) is 0 Å². The zero-order valence-corrected chi connectivity index (χ0v) is 19.7. The highest BCUT2D eigenvalue weighted by molar-refractivity contribution is 5.93. The number of hydrogen-bond acceptors (Lipinski definition) is 6. The normalized spacial score (nSPS) is 18.2. The topological polar surface area (TPSA) is 97.0 Å². The van der Waals surface area contributed by atoms with E-state index in [1.54, 1.807) is 30.5 Å². The van der Waals surface area contributed by atoms with Crippen molar-refractivity contribution in [3.8, 4) is 0 Å². The van der Waals surface area contributed by atoms with E-state index in [0.717, 1.165) is 50.0 Å². The average Bonchev–Trinajstić information content (AvgIpc) is 3.69. The number of carbonyl (C=O) groups is 2. The molecule has 1 saturated heterocycles. The zero-order valence-electron chi connectivity index (χ0n) is 19.7. The maximum absolute atomic E-state index is 13.7. The van der Waals surface area contributed by atoms with Gasteiger partial charge in [-0.1, -0.05) is 25.0 Å². The third kappa shape index (κ3) is 5.43. The number of anilines is 1. The van der Waals surface area contributed by atoms with Crippen LogP contribution in [-0.2, 0) is 9.53 Å². The van der Waals surface area contributed by atoms with E-state index >= 15 is 0 Å². The van der Waals surface area contributed by atoms with Gasteiger partial charge in [-0.25, -0.2) is 0 Å². The standard InChI is InChI=1S/C27H31N3O5/c31-26(23-8-4-16-35-23)29-25(22-7-3-15-34-22)24(27(32)28-20-5-1-2-6-20)19-9-11-21(12-10-19)30-13-17-33-18-14-30/h3-4,7-12,15-16,20,24-25H,1-2,5-6,13-14,17-18H2,(H,28,32)(H,29,31). The molecular weight excluding hydrogens is 446 g/mol. The smallest absolute Gasteiger partial charge is 0.287 e. The summed E-state index contributed by atoms with van der Waals surface area (Å²) in [5, 5.41) is 6.21. The molecule has 2 unspecified atom stereocenters. The summed E-state index contributed by atoms with van der Waals surface area (Å²) in [6.07, 6.45) is 7.17. The third-order valence-corrected chi connectivity index (χ3v) is 6.83. The van der Waals surface area contributed by atoms with Crippen molar-refractivity contribution in [2.45, 2.75) is 43.7 Å². The number of rotatable bonds is 8. The Balaban J connectivity index is 1.46. The Hall–Kier alpha value is -3.52. The quantitative estimate of drug-likeness (QED) is 0.509. The predicted molar refractivity (Wildman–Crippen MR) is 130 cm³/mol. The van der Waals surface area contributed by atoms with Gasteiger partial charge in [-0.3, -0.25) is 9.59 Å². The molecule has 1 aliphatic heterocycles. The van der Waals surface area contributed by atoms with E-state index in [1.165, 1.54) is 6.26 Å². The summed E-state index contributed by atoms with van der Waals surface area (Å²) in [6.45, 7) is 3.07. The van der Waals surface area contributed by atoms with Crippen LogP contribution in [0.2, 0.25) is 0 Å². The summed E-state index contributed by atoms with van der Waals surface area (Å²) in [4.78, 5) is 29.0. The van der Waals surface area contributed by atoms with Crippen LogP contribution in [0.1, 0.15) is 59.5 Å². The summed E-state index contributed by atoms with van der Waals surface area (Å²) in [5.74, 6) is -0.524. The molecule has 3 heterocycles. The Morgan fingerprint density at radius 2 is 1.63 bits per heavy atom. The van der Waals surface area contributed by atoms with Crippen LogP contribution in [0.15, 0.2) is 69.9 Å². The molecule has 1 aliphatic carbocycles. The first-order valence-corrected chi connectivity index (χ1v) is 12.3. The van der Waals surface area contributed by atoms with E-state index in [0.29, 0.717) is 19.0 Å². The Morgan fingerprint density at radius 3 is 2.29 bits per heavy atom. The minimum Gasteiger partial charge on any atom is -0.467 e. The van der Waals surface area contributed by atoms with Crippen molar-refractivity contribution >= 4 is 17.5 Å². The molecular formula is C27H31N3O5. The molecule has 1 saturated carbocycles. The first-order valence-electron chi connectivity index (χ1n) is 12.3. The van der Waals surface area contributed by atoms with Gasteiger partial charge in [0, 0.05) is 24.8 Å². The summed E-state index contributed by atoms with van der Waals surface area (Å²) in [6, 6.07) is 14.2. The first-order chi connectivity index (χ1) is 17.2. The second-order valence-electron chi connectivity index (χ2n) is 9.10. The molecule has 2 N–H and O–H groups in total. The zero-order chi connectivity index (χ0) is 24.0. The van der Waals surface area contributed by atoms with Gasteiger partial charge in [-0.2, -0.15) is 0 Å². The lowest BCUT2D eigenvalue weighted by Gasteiger charge is -2.30. The van der Waals surface area contributed by atoms with E-state index in [9.17, 15) is 9.59 Å². The highest BCUT2D eigenvalue weighted by Gasteiger charge is 2.36. The van der Waals surface area contributed by atoms with Crippen molar-refractivity contribution in [3.05, 3.63) is 78.1 Å². The lowest BCUT2D eigenvalue weighted by molar-refractivity contribution is -0.124.